The number of rotatable bonds is 7. The summed E-state index contributed by atoms with van der Waals surface area (Å²) >= 11 is 0. The van der Waals surface area contributed by atoms with Gasteiger partial charge in [0.2, 0.25) is 0 Å². The third kappa shape index (κ3) is 4.35. The van der Waals surface area contributed by atoms with E-state index in [0.29, 0.717) is 16.7 Å². The number of allylic oxidation sites excluding steroid dienone is 2. The fourth-order valence-corrected chi connectivity index (χ4v) is 10.4. The SMILES string of the molecule is CC(=O)O[C@H]1CC[C@]2(C)C3=C(CC[C@H]2C1(C)C)[C@]1(C)CC[C@H]([C@H](C)CCCNc2ccccc2)[C@@]1(C)CC3. The first-order valence-electron chi connectivity index (χ1n) is 15.6. The third-order valence-electron chi connectivity index (χ3n) is 12.7. The van der Waals surface area contributed by atoms with Crippen molar-refractivity contribution in [3.63, 3.8) is 0 Å². The van der Waals surface area contributed by atoms with Crippen molar-refractivity contribution >= 4 is 11.7 Å². The lowest BCUT2D eigenvalue weighted by Gasteiger charge is -2.62. The largest absolute Gasteiger partial charge is 0.462 e. The van der Waals surface area contributed by atoms with Crippen molar-refractivity contribution < 1.29 is 9.53 Å². The predicted molar refractivity (Wildman–Crippen MR) is 158 cm³/mol. The molecule has 0 bridgehead atoms. The summed E-state index contributed by atoms with van der Waals surface area (Å²) in [6.07, 6.45) is 12.6. The topological polar surface area (TPSA) is 38.3 Å². The van der Waals surface area contributed by atoms with Crippen LogP contribution in [0.25, 0.3) is 0 Å². The Hall–Kier alpha value is -1.77. The van der Waals surface area contributed by atoms with Gasteiger partial charge in [0.1, 0.15) is 6.10 Å². The van der Waals surface area contributed by atoms with Gasteiger partial charge in [0.05, 0.1) is 0 Å². The molecule has 0 aromatic heterocycles. The van der Waals surface area contributed by atoms with E-state index in [0.717, 1.165) is 24.8 Å². The number of ether oxygens (including phenoxy) is 1. The minimum atomic E-state index is -0.120. The van der Waals surface area contributed by atoms with E-state index in [-0.39, 0.29) is 22.9 Å². The van der Waals surface area contributed by atoms with Crippen molar-refractivity contribution in [2.75, 3.05) is 11.9 Å². The van der Waals surface area contributed by atoms with Gasteiger partial charge >= 0.3 is 5.97 Å². The second-order valence-electron chi connectivity index (χ2n) is 14.7. The van der Waals surface area contributed by atoms with Gasteiger partial charge in [-0.2, -0.15) is 0 Å². The van der Waals surface area contributed by atoms with Gasteiger partial charge in [-0.25, -0.2) is 0 Å². The average molecular weight is 520 g/mol. The Morgan fingerprint density at radius 3 is 2.42 bits per heavy atom. The van der Waals surface area contributed by atoms with Crippen LogP contribution in [0.5, 0.6) is 0 Å². The van der Waals surface area contributed by atoms with E-state index in [1.165, 1.54) is 63.5 Å². The van der Waals surface area contributed by atoms with E-state index in [1.54, 1.807) is 6.92 Å². The number of nitrogens with one attached hydrogen (secondary N) is 1. The van der Waals surface area contributed by atoms with Crippen molar-refractivity contribution in [3.8, 4) is 0 Å². The minimum Gasteiger partial charge on any atom is -0.462 e. The Kier molecular flexibility index (Phi) is 7.32. The van der Waals surface area contributed by atoms with E-state index in [4.69, 9.17) is 4.74 Å². The fraction of sp³-hybridized carbons (Fsp3) is 0.743. The van der Waals surface area contributed by atoms with E-state index < -0.39 is 0 Å². The molecule has 3 heteroatoms. The number of hydrogen-bond acceptors (Lipinski definition) is 3. The summed E-state index contributed by atoms with van der Waals surface area (Å²) < 4.78 is 5.89. The number of fused-ring (bicyclic) bond motifs is 4. The first kappa shape index (κ1) is 27.8. The summed E-state index contributed by atoms with van der Waals surface area (Å²) in [6.45, 7) is 17.9. The average Bonchev–Trinajstić information content (AvgIpc) is 3.15. The number of para-hydroxylation sites is 1. The minimum absolute atomic E-state index is 0.0271. The molecule has 4 aliphatic rings. The van der Waals surface area contributed by atoms with Gasteiger partial charge in [-0.3, -0.25) is 4.79 Å². The summed E-state index contributed by atoms with van der Waals surface area (Å²) in [5.74, 6) is 2.06. The summed E-state index contributed by atoms with van der Waals surface area (Å²) in [5.41, 5.74) is 5.94. The highest BCUT2D eigenvalue weighted by Gasteiger charge is 2.63. The smallest absolute Gasteiger partial charge is 0.302 e. The van der Waals surface area contributed by atoms with E-state index in [9.17, 15) is 4.79 Å². The van der Waals surface area contributed by atoms with Gasteiger partial charge in [0.25, 0.3) is 0 Å². The Balaban J connectivity index is 1.31. The van der Waals surface area contributed by atoms with Crippen LogP contribution in [-0.4, -0.2) is 18.6 Å². The number of benzene rings is 1. The zero-order valence-electron chi connectivity index (χ0n) is 25.3. The molecule has 3 nitrogen and oxygen atoms in total. The molecule has 0 heterocycles. The third-order valence-corrected chi connectivity index (χ3v) is 12.7. The van der Waals surface area contributed by atoms with E-state index in [2.05, 4.69) is 77.2 Å². The molecule has 1 aromatic carbocycles. The lowest BCUT2D eigenvalue weighted by molar-refractivity contribution is -0.167. The zero-order valence-corrected chi connectivity index (χ0v) is 25.3. The molecular weight excluding hydrogens is 466 g/mol. The maximum Gasteiger partial charge on any atom is 0.302 e. The molecule has 0 unspecified atom stereocenters. The van der Waals surface area contributed by atoms with Crippen LogP contribution in [0, 0.1) is 39.4 Å². The van der Waals surface area contributed by atoms with E-state index in [1.807, 2.05) is 11.1 Å². The Labute approximate surface area is 232 Å². The van der Waals surface area contributed by atoms with Gasteiger partial charge < -0.3 is 10.1 Å². The van der Waals surface area contributed by atoms with Crippen LogP contribution in [-0.2, 0) is 9.53 Å². The Morgan fingerprint density at radius 2 is 1.71 bits per heavy atom. The van der Waals surface area contributed by atoms with E-state index >= 15 is 0 Å². The number of hydrogen-bond donors (Lipinski definition) is 1. The van der Waals surface area contributed by atoms with Crippen molar-refractivity contribution in [1.82, 2.24) is 0 Å². The fourth-order valence-electron chi connectivity index (χ4n) is 10.4. The molecule has 0 saturated heterocycles. The van der Waals surface area contributed by atoms with Crippen LogP contribution in [0.2, 0.25) is 0 Å². The summed E-state index contributed by atoms with van der Waals surface area (Å²) in [6, 6.07) is 10.6. The van der Waals surface area contributed by atoms with Gasteiger partial charge in [-0.1, -0.05) is 70.9 Å². The highest BCUT2D eigenvalue weighted by Crippen LogP contribution is 2.72. The molecule has 0 radical (unpaired) electrons. The maximum absolute atomic E-state index is 11.9. The molecule has 38 heavy (non-hydrogen) atoms. The maximum atomic E-state index is 11.9. The standard InChI is InChI=1S/C35H53NO2/c1-24(12-11-23-36-26-13-9-8-10-14-26)27-17-21-35(7)29-15-16-30-32(3,4)31(38-25(2)37)19-20-33(30,5)28(29)18-22-34(27,35)6/h8-10,13-14,24,27,30-31,36H,11-12,15-23H2,1-7H3/t24-,27-,30+,31+,33-,34-,35+/m1/s1. The zero-order chi connectivity index (χ0) is 27.3. The van der Waals surface area contributed by atoms with Crippen LogP contribution >= 0.6 is 0 Å². The lowest BCUT2D eigenvalue weighted by Crippen LogP contribution is -2.55. The Bertz CT molecular complexity index is 1060. The van der Waals surface area contributed by atoms with Crippen molar-refractivity contribution in [3.05, 3.63) is 41.5 Å². The Morgan fingerprint density at radius 1 is 0.974 bits per heavy atom. The van der Waals surface area contributed by atoms with Gasteiger partial charge in [0.15, 0.2) is 0 Å². The molecule has 0 spiro atoms. The molecule has 0 aliphatic heterocycles. The molecule has 1 aromatic rings. The molecular formula is C35H53NO2. The van der Waals surface area contributed by atoms with Crippen molar-refractivity contribution in [1.29, 1.82) is 0 Å². The molecule has 0 amide bonds. The molecule has 210 valence electrons. The normalized spacial score (nSPS) is 38.6. The first-order chi connectivity index (χ1) is 17.9. The van der Waals surface area contributed by atoms with Gasteiger partial charge in [-0.15, -0.1) is 0 Å². The van der Waals surface area contributed by atoms with Crippen molar-refractivity contribution in [2.45, 2.75) is 119 Å². The molecule has 4 aliphatic carbocycles. The van der Waals surface area contributed by atoms with Crippen LogP contribution in [0.1, 0.15) is 113 Å². The lowest BCUT2D eigenvalue weighted by atomic mass is 9.43. The highest BCUT2D eigenvalue weighted by atomic mass is 16.5. The molecule has 1 N–H and O–H groups in total. The molecule has 5 rings (SSSR count). The summed E-state index contributed by atoms with van der Waals surface area (Å²) in [4.78, 5) is 11.9. The molecule has 7 atom stereocenters. The van der Waals surface area contributed by atoms with Crippen LogP contribution in [0.4, 0.5) is 5.69 Å². The van der Waals surface area contributed by atoms with Gasteiger partial charge in [0, 0.05) is 24.6 Å². The monoisotopic (exact) mass is 519 g/mol. The summed E-state index contributed by atoms with van der Waals surface area (Å²) in [7, 11) is 0. The van der Waals surface area contributed by atoms with Crippen LogP contribution in [0.3, 0.4) is 0 Å². The predicted octanol–water partition coefficient (Wildman–Crippen LogP) is 9.20. The molecule has 2 saturated carbocycles. The second kappa shape index (κ2) is 10.0. The first-order valence-corrected chi connectivity index (χ1v) is 15.6. The second-order valence-corrected chi connectivity index (χ2v) is 14.7. The summed E-state index contributed by atoms with van der Waals surface area (Å²) in [5, 5.41) is 3.62. The highest BCUT2D eigenvalue weighted by molar-refractivity contribution is 5.66. The molecule has 2 fully saturated rings. The van der Waals surface area contributed by atoms with Gasteiger partial charge in [-0.05, 0) is 110 Å². The van der Waals surface area contributed by atoms with Crippen molar-refractivity contribution in [2.24, 2.45) is 39.4 Å². The van der Waals surface area contributed by atoms with Crippen LogP contribution < -0.4 is 5.32 Å². The number of carbonyl (C=O) groups is 1. The number of esters is 1. The van der Waals surface area contributed by atoms with Crippen LogP contribution in [0.15, 0.2) is 41.5 Å². The number of anilines is 1. The quantitative estimate of drug-likeness (QED) is 0.222. The number of carbonyl (C=O) groups excluding carboxylic acids is 1.